The Labute approximate surface area is 131 Å². The Kier molecular flexibility index (Phi) is 4.25. The van der Waals surface area contributed by atoms with Crippen molar-refractivity contribution in [1.82, 2.24) is 9.55 Å². The predicted molar refractivity (Wildman–Crippen MR) is 91.8 cm³/mol. The molecule has 0 spiro atoms. The molecule has 0 aliphatic rings. The summed E-state index contributed by atoms with van der Waals surface area (Å²) in [6.07, 6.45) is 2.16. The third kappa shape index (κ3) is 3.04. The van der Waals surface area contributed by atoms with E-state index in [9.17, 15) is 0 Å². The third-order valence-corrected chi connectivity index (χ3v) is 4.03. The zero-order valence-corrected chi connectivity index (χ0v) is 13.3. The van der Waals surface area contributed by atoms with Crippen LogP contribution in [0.2, 0.25) is 0 Å². The van der Waals surface area contributed by atoms with Gasteiger partial charge in [0.1, 0.15) is 5.82 Å². The number of nitrogens with two attached hydrogens (primary N) is 1. The molecule has 2 aromatic carbocycles. The quantitative estimate of drug-likeness (QED) is 0.772. The van der Waals surface area contributed by atoms with Crippen molar-refractivity contribution >= 4 is 11.0 Å². The second-order valence-corrected chi connectivity index (χ2v) is 5.99. The summed E-state index contributed by atoms with van der Waals surface area (Å²) in [6, 6.07) is 17.0. The lowest BCUT2D eigenvalue weighted by Gasteiger charge is -2.11. The van der Waals surface area contributed by atoms with Crippen LogP contribution in [0, 0.1) is 6.92 Å². The van der Waals surface area contributed by atoms with E-state index in [0.717, 1.165) is 30.7 Å². The molecule has 3 aromatic rings. The third-order valence-electron chi connectivity index (χ3n) is 4.03. The van der Waals surface area contributed by atoms with Gasteiger partial charge in [-0.05, 0) is 49.9 Å². The lowest BCUT2D eigenvalue weighted by atomic mass is 10.1. The summed E-state index contributed by atoms with van der Waals surface area (Å²) < 4.78 is 2.28. The Hall–Kier alpha value is -2.13. The van der Waals surface area contributed by atoms with E-state index in [0.29, 0.717) is 0 Å². The molecule has 0 bridgehead atoms. The van der Waals surface area contributed by atoms with Crippen molar-refractivity contribution in [2.24, 2.45) is 5.73 Å². The molecule has 3 nitrogen and oxygen atoms in total. The number of benzene rings is 2. The van der Waals surface area contributed by atoms with Crippen molar-refractivity contribution in [3.63, 3.8) is 0 Å². The van der Waals surface area contributed by atoms with Crippen molar-refractivity contribution in [3.8, 4) is 0 Å². The minimum absolute atomic E-state index is 0.0515. The van der Waals surface area contributed by atoms with Crippen LogP contribution in [0.25, 0.3) is 11.0 Å². The Balaban J connectivity index is 1.84. The van der Waals surface area contributed by atoms with E-state index in [1.807, 2.05) is 6.92 Å². The van der Waals surface area contributed by atoms with Gasteiger partial charge in [-0.2, -0.15) is 0 Å². The number of hydrogen-bond acceptors (Lipinski definition) is 2. The standard InChI is InChI=1S/C19H23N3/c1-14-10-11-18-17(13-14)21-19(15(2)20)22(18)12-6-9-16-7-4-3-5-8-16/h3-5,7-8,10-11,13,15H,6,9,12,20H2,1-2H3. The van der Waals surface area contributed by atoms with Crippen LogP contribution in [0.3, 0.4) is 0 Å². The van der Waals surface area contributed by atoms with Crippen molar-refractivity contribution in [2.45, 2.75) is 39.3 Å². The van der Waals surface area contributed by atoms with Gasteiger partial charge in [0.2, 0.25) is 0 Å². The van der Waals surface area contributed by atoms with Crippen molar-refractivity contribution in [3.05, 3.63) is 65.5 Å². The summed E-state index contributed by atoms with van der Waals surface area (Å²) in [5, 5.41) is 0. The van der Waals surface area contributed by atoms with E-state index in [1.165, 1.54) is 16.6 Å². The Bertz CT molecular complexity index is 757. The number of aromatic nitrogens is 2. The Morgan fingerprint density at radius 1 is 1.14 bits per heavy atom. The molecule has 0 aliphatic heterocycles. The molecule has 0 radical (unpaired) electrons. The van der Waals surface area contributed by atoms with E-state index in [1.54, 1.807) is 0 Å². The topological polar surface area (TPSA) is 43.8 Å². The van der Waals surface area contributed by atoms with Crippen LogP contribution in [-0.2, 0) is 13.0 Å². The fourth-order valence-electron chi connectivity index (χ4n) is 2.93. The lowest BCUT2D eigenvalue weighted by molar-refractivity contribution is 0.594. The summed E-state index contributed by atoms with van der Waals surface area (Å²) in [6.45, 7) is 5.05. The average molecular weight is 293 g/mol. The highest BCUT2D eigenvalue weighted by atomic mass is 15.1. The van der Waals surface area contributed by atoms with Gasteiger partial charge in [0.15, 0.2) is 0 Å². The van der Waals surface area contributed by atoms with Crippen LogP contribution in [0.5, 0.6) is 0 Å². The summed E-state index contributed by atoms with van der Waals surface area (Å²) in [7, 11) is 0. The number of imidazole rings is 1. The van der Waals surface area contributed by atoms with Gasteiger partial charge in [-0.3, -0.25) is 0 Å². The second-order valence-electron chi connectivity index (χ2n) is 5.99. The number of rotatable bonds is 5. The van der Waals surface area contributed by atoms with E-state index in [2.05, 4.69) is 60.0 Å². The van der Waals surface area contributed by atoms with E-state index in [4.69, 9.17) is 10.7 Å². The molecule has 1 heterocycles. The first-order valence-electron chi connectivity index (χ1n) is 7.91. The smallest absolute Gasteiger partial charge is 0.126 e. The van der Waals surface area contributed by atoms with Crippen LogP contribution in [0.1, 0.15) is 36.3 Å². The fraction of sp³-hybridized carbons (Fsp3) is 0.316. The summed E-state index contributed by atoms with van der Waals surface area (Å²) >= 11 is 0. The average Bonchev–Trinajstić information content (AvgIpc) is 2.86. The Morgan fingerprint density at radius 3 is 2.64 bits per heavy atom. The SMILES string of the molecule is Cc1ccc2c(c1)nc(C(C)N)n2CCCc1ccccc1. The van der Waals surface area contributed by atoms with Gasteiger partial charge in [-0.1, -0.05) is 36.4 Å². The highest BCUT2D eigenvalue weighted by Crippen LogP contribution is 2.21. The molecule has 22 heavy (non-hydrogen) atoms. The zero-order valence-electron chi connectivity index (χ0n) is 13.3. The maximum Gasteiger partial charge on any atom is 0.126 e. The van der Waals surface area contributed by atoms with Gasteiger partial charge < -0.3 is 10.3 Å². The Morgan fingerprint density at radius 2 is 1.91 bits per heavy atom. The highest BCUT2D eigenvalue weighted by molar-refractivity contribution is 5.77. The molecule has 1 atom stereocenters. The molecule has 1 aromatic heterocycles. The van der Waals surface area contributed by atoms with Gasteiger partial charge in [-0.15, -0.1) is 0 Å². The molecule has 0 saturated heterocycles. The molecular weight excluding hydrogens is 270 g/mol. The number of fused-ring (bicyclic) bond motifs is 1. The molecule has 0 amide bonds. The normalized spacial score (nSPS) is 12.7. The fourth-order valence-corrected chi connectivity index (χ4v) is 2.93. The van der Waals surface area contributed by atoms with Crippen LogP contribution in [-0.4, -0.2) is 9.55 Å². The maximum atomic E-state index is 6.12. The van der Waals surface area contributed by atoms with Gasteiger partial charge in [0.05, 0.1) is 17.1 Å². The minimum Gasteiger partial charge on any atom is -0.327 e. The summed E-state index contributed by atoms with van der Waals surface area (Å²) in [5.74, 6) is 0.980. The van der Waals surface area contributed by atoms with Crippen LogP contribution >= 0.6 is 0 Å². The minimum atomic E-state index is -0.0515. The first kappa shape index (κ1) is 14.8. The van der Waals surface area contributed by atoms with Gasteiger partial charge in [0, 0.05) is 6.54 Å². The first-order valence-corrected chi connectivity index (χ1v) is 7.91. The van der Waals surface area contributed by atoms with E-state index >= 15 is 0 Å². The van der Waals surface area contributed by atoms with Crippen LogP contribution < -0.4 is 5.73 Å². The van der Waals surface area contributed by atoms with Crippen LogP contribution in [0.15, 0.2) is 48.5 Å². The van der Waals surface area contributed by atoms with Gasteiger partial charge >= 0.3 is 0 Å². The lowest BCUT2D eigenvalue weighted by Crippen LogP contribution is -2.14. The summed E-state index contributed by atoms with van der Waals surface area (Å²) in [4.78, 5) is 4.74. The predicted octanol–water partition coefficient (Wildman–Crippen LogP) is 4.00. The number of hydrogen-bond donors (Lipinski definition) is 1. The number of aryl methyl sites for hydroxylation is 3. The first-order chi connectivity index (χ1) is 10.6. The molecule has 3 rings (SSSR count). The van der Waals surface area contributed by atoms with Crippen LogP contribution in [0.4, 0.5) is 0 Å². The molecule has 0 fully saturated rings. The van der Waals surface area contributed by atoms with Crippen molar-refractivity contribution in [2.75, 3.05) is 0 Å². The largest absolute Gasteiger partial charge is 0.327 e. The van der Waals surface area contributed by atoms with Gasteiger partial charge in [0.25, 0.3) is 0 Å². The molecule has 1 unspecified atom stereocenters. The van der Waals surface area contributed by atoms with E-state index in [-0.39, 0.29) is 6.04 Å². The monoisotopic (exact) mass is 293 g/mol. The molecule has 114 valence electrons. The van der Waals surface area contributed by atoms with Crippen molar-refractivity contribution in [1.29, 1.82) is 0 Å². The summed E-state index contributed by atoms with van der Waals surface area (Å²) in [5.41, 5.74) is 11.0. The molecule has 0 saturated carbocycles. The maximum absolute atomic E-state index is 6.12. The van der Waals surface area contributed by atoms with E-state index < -0.39 is 0 Å². The highest BCUT2D eigenvalue weighted by Gasteiger charge is 2.13. The molecular formula is C19H23N3. The number of nitrogens with zero attached hydrogens (tertiary/aromatic N) is 2. The van der Waals surface area contributed by atoms with Gasteiger partial charge in [-0.25, -0.2) is 4.98 Å². The molecule has 2 N–H and O–H groups in total. The molecule has 0 aliphatic carbocycles. The zero-order chi connectivity index (χ0) is 15.5. The van der Waals surface area contributed by atoms with Crippen molar-refractivity contribution < 1.29 is 0 Å². The molecule has 3 heteroatoms. The second kappa shape index (κ2) is 6.32.